The molecule has 0 bridgehead atoms. The van der Waals surface area contributed by atoms with Crippen molar-refractivity contribution in [1.29, 1.82) is 0 Å². The molecule has 1 aromatic carbocycles. The molecule has 2 aromatic rings. The van der Waals surface area contributed by atoms with Crippen molar-refractivity contribution in [2.24, 2.45) is 0 Å². The lowest BCUT2D eigenvalue weighted by atomic mass is 10.0. The van der Waals surface area contributed by atoms with E-state index in [9.17, 15) is 8.42 Å². The zero-order chi connectivity index (χ0) is 17.2. The highest BCUT2D eigenvalue weighted by molar-refractivity contribution is 7.91. The van der Waals surface area contributed by atoms with Crippen molar-refractivity contribution in [1.82, 2.24) is 10.3 Å². The second-order valence-electron chi connectivity index (χ2n) is 6.20. The van der Waals surface area contributed by atoms with E-state index in [0.717, 1.165) is 17.7 Å². The quantitative estimate of drug-likeness (QED) is 0.868. The van der Waals surface area contributed by atoms with Gasteiger partial charge in [0.05, 0.1) is 17.8 Å². The van der Waals surface area contributed by atoms with Crippen LogP contribution in [0, 0.1) is 0 Å². The van der Waals surface area contributed by atoms with Gasteiger partial charge in [0.25, 0.3) is 0 Å². The molecule has 0 radical (unpaired) electrons. The van der Waals surface area contributed by atoms with Crippen LogP contribution in [0.25, 0.3) is 0 Å². The SMILES string of the molecule is COc1cccc(CC(C)NCC2CS(=O)(=O)c3ccccc32)n1. The lowest BCUT2D eigenvalue weighted by Gasteiger charge is -2.17. The van der Waals surface area contributed by atoms with Crippen molar-refractivity contribution >= 4 is 9.84 Å². The third-order valence-corrected chi connectivity index (χ3v) is 6.22. The zero-order valence-electron chi connectivity index (χ0n) is 13.9. The van der Waals surface area contributed by atoms with Gasteiger partial charge in [-0.2, -0.15) is 0 Å². The average Bonchev–Trinajstić information content (AvgIpc) is 2.84. The van der Waals surface area contributed by atoms with Crippen LogP contribution in [-0.4, -0.2) is 38.9 Å². The summed E-state index contributed by atoms with van der Waals surface area (Å²) >= 11 is 0. The Morgan fingerprint density at radius 3 is 2.83 bits per heavy atom. The monoisotopic (exact) mass is 346 g/mol. The first kappa shape index (κ1) is 16.9. The van der Waals surface area contributed by atoms with Gasteiger partial charge in [-0.1, -0.05) is 24.3 Å². The molecule has 1 N–H and O–H groups in total. The molecule has 2 atom stereocenters. The fourth-order valence-corrected chi connectivity index (χ4v) is 5.02. The molecule has 0 aliphatic carbocycles. The molecular weight excluding hydrogens is 324 g/mol. The number of ether oxygens (including phenoxy) is 1. The average molecular weight is 346 g/mol. The Morgan fingerprint density at radius 1 is 1.25 bits per heavy atom. The number of aromatic nitrogens is 1. The molecule has 3 rings (SSSR count). The van der Waals surface area contributed by atoms with Gasteiger partial charge < -0.3 is 10.1 Å². The number of rotatable bonds is 6. The van der Waals surface area contributed by atoms with Gasteiger partial charge >= 0.3 is 0 Å². The summed E-state index contributed by atoms with van der Waals surface area (Å²) in [6, 6.07) is 13.2. The van der Waals surface area contributed by atoms with Gasteiger partial charge in [0.15, 0.2) is 9.84 Å². The number of pyridine rings is 1. The van der Waals surface area contributed by atoms with Crippen LogP contribution in [0.3, 0.4) is 0 Å². The molecular formula is C18H22N2O3S. The minimum absolute atomic E-state index is 0.00641. The van der Waals surface area contributed by atoms with E-state index in [2.05, 4.69) is 17.2 Å². The Labute approximate surface area is 143 Å². The van der Waals surface area contributed by atoms with Gasteiger partial charge in [0.2, 0.25) is 5.88 Å². The van der Waals surface area contributed by atoms with Gasteiger partial charge in [0, 0.05) is 36.7 Å². The number of benzene rings is 1. The minimum Gasteiger partial charge on any atom is -0.481 e. The summed E-state index contributed by atoms with van der Waals surface area (Å²) in [4.78, 5) is 4.90. The molecule has 1 aliphatic rings. The summed E-state index contributed by atoms with van der Waals surface area (Å²) in [7, 11) is -1.54. The molecule has 1 aromatic heterocycles. The molecule has 2 unspecified atom stereocenters. The Morgan fingerprint density at radius 2 is 2.04 bits per heavy atom. The van der Waals surface area contributed by atoms with Crippen LogP contribution in [-0.2, 0) is 16.3 Å². The lowest BCUT2D eigenvalue weighted by Crippen LogP contribution is -2.32. The summed E-state index contributed by atoms with van der Waals surface area (Å²) in [5.74, 6) is 0.797. The first-order valence-corrected chi connectivity index (χ1v) is 9.70. The van der Waals surface area contributed by atoms with Crippen LogP contribution in [0.4, 0.5) is 0 Å². The van der Waals surface area contributed by atoms with E-state index in [1.807, 2.05) is 30.3 Å². The molecule has 5 nitrogen and oxygen atoms in total. The first-order chi connectivity index (χ1) is 11.5. The second kappa shape index (κ2) is 6.91. The molecule has 24 heavy (non-hydrogen) atoms. The van der Waals surface area contributed by atoms with E-state index in [-0.39, 0.29) is 17.7 Å². The van der Waals surface area contributed by atoms with E-state index in [1.54, 1.807) is 19.2 Å². The number of nitrogens with one attached hydrogen (secondary N) is 1. The van der Waals surface area contributed by atoms with Gasteiger partial charge in [-0.15, -0.1) is 0 Å². The molecule has 0 saturated carbocycles. The van der Waals surface area contributed by atoms with E-state index < -0.39 is 9.84 Å². The Balaban J connectivity index is 1.62. The lowest BCUT2D eigenvalue weighted by molar-refractivity contribution is 0.395. The summed E-state index contributed by atoms with van der Waals surface area (Å²) in [6.45, 7) is 2.72. The van der Waals surface area contributed by atoms with E-state index in [4.69, 9.17) is 4.74 Å². The Kier molecular flexibility index (Phi) is 4.87. The molecule has 1 aliphatic heterocycles. The van der Waals surface area contributed by atoms with Crippen molar-refractivity contribution in [2.45, 2.75) is 30.2 Å². The molecule has 0 amide bonds. The van der Waals surface area contributed by atoms with Gasteiger partial charge in [-0.05, 0) is 24.6 Å². The zero-order valence-corrected chi connectivity index (χ0v) is 14.7. The summed E-state index contributed by atoms with van der Waals surface area (Å²) in [5, 5.41) is 3.44. The van der Waals surface area contributed by atoms with Crippen LogP contribution >= 0.6 is 0 Å². The maximum Gasteiger partial charge on any atom is 0.213 e. The minimum atomic E-state index is -3.14. The first-order valence-electron chi connectivity index (χ1n) is 8.04. The van der Waals surface area contributed by atoms with E-state index in [0.29, 0.717) is 17.3 Å². The van der Waals surface area contributed by atoms with Gasteiger partial charge in [-0.3, -0.25) is 0 Å². The van der Waals surface area contributed by atoms with Crippen molar-refractivity contribution in [2.75, 3.05) is 19.4 Å². The third kappa shape index (κ3) is 3.60. The highest BCUT2D eigenvalue weighted by atomic mass is 32.2. The highest BCUT2D eigenvalue weighted by Crippen LogP contribution is 2.34. The number of methoxy groups -OCH3 is 1. The topological polar surface area (TPSA) is 68.3 Å². The number of hydrogen-bond acceptors (Lipinski definition) is 5. The highest BCUT2D eigenvalue weighted by Gasteiger charge is 2.34. The predicted octanol–water partition coefficient (Wildman–Crippen LogP) is 2.18. The van der Waals surface area contributed by atoms with E-state index in [1.165, 1.54) is 0 Å². The van der Waals surface area contributed by atoms with Crippen LogP contribution in [0.15, 0.2) is 47.4 Å². The van der Waals surface area contributed by atoms with Gasteiger partial charge in [-0.25, -0.2) is 13.4 Å². The van der Waals surface area contributed by atoms with Crippen LogP contribution in [0.1, 0.15) is 24.1 Å². The molecule has 0 fully saturated rings. The number of fused-ring (bicyclic) bond motifs is 1. The normalized spacial score (nSPS) is 19.7. The number of hydrogen-bond donors (Lipinski definition) is 1. The maximum absolute atomic E-state index is 12.2. The third-order valence-electron chi connectivity index (χ3n) is 4.33. The number of nitrogens with zero attached hydrogens (tertiary/aromatic N) is 1. The molecule has 0 saturated heterocycles. The fraction of sp³-hybridized carbons (Fsp3) is 0.389. The molecule has 2 heterocycles. The van der Waals surface area contributed by atoms with Crippen LogP contribution in [0.5, 0.6) is 5.88 Å². The summed E-state index contributed by atoms with van der Waals surface area (Å²) in [5.41, 5.74) is 1.88. The maximum atomic E-state index is 12.2. The van der Waals surface area contributed by atoms with Crippen molar-refractivity contribution < 1.29 is 13.2 Å². The Hall–Kier alpha value is -1.92. The largest absolute Gasteiger partial charge is 0.481 e. The molecule has 128 valence electrons. The van der Waals surface area contributed by atoms with Crippen molar-refractivity contribution in [3.8, 4) is 5.88 Å². The predicted molar refractivity (Wildman–Crippen MR) is 93.2 cm³/mol. The fourth-order valence-electron chi connectivity index (χ4n) is 3.13. The Bertz CT molecular complexity index is 821. The molecule has 0 spiro atoms. The summed E-state index contributed by atoms with van der Waals surface area (Å²) in [6.07, 6.45) is 0.762. The second-order valence-corrected chi connectivity index (χ2v) is 8.20. The van der Waals surface area contributed by atoms with E-state index >= 15 is 0 Å². The van der Waals surface area contributed by atoms with Crippen LogP contribution < -0.4 is 10.1 Å². The number of sulfone groups is 1. The molecule has 6 heteroatoms. The van der Waals surface area contributed by atoms with Gasteiger partial charge in [0.1, 0.15) is 0 Å². The standard InChI is InChI=1S/C18H22N2O3S/c1-13(10-15-6-5-9-18(20-15)23-2)19-11-14-12-24(21,22)17-8-4-3-7-16(14)17/h3-9,13-14,19H,10-12H2,1-2H3. The summed E-state index contributed by atoms with van der Waals surface area (Å²) < 4.78 is 29.6. The van der Waals surface area contributed by atoms with Crippen molar-refractivity contribution in [3.05, 3.63) is 53.7 Å². The van der Waals surface area contributed by atoms with Crippen molar-refractivity contribution in [3.63, 3.8) is 0 Å². The van der Waals surface area contributed by atoms with Crippen LogP contribution in [0.2, 0.25) is 0 Å². The smallest absolute Gasteiger partial charge is 0.213 e.